The summed E-state index contributed by atoms with van der Waals surface area (Å²) < 4.78 is 5.07. The molecule has 1 aromatic carbocycles. The van der Waals surface area contributed by atoms with E-state index in [1.807, 2.05) is 24.3 Å². The normalized spacial score (nSPS) is 11.0. The van der Waals surface area contributed by atoms with Gasteiger partial charge in [0.2, 0.25) is 0 Å². The third-order valence-electron chi connectivity index (χ3n) is 4.23. The molecule has 1 amide bonds. The van der Waals surface area contributed by atoms with Crippen LogP contribution < -0.4 is 16.4 Å². The van der Waals surface area contributed by atoms with Crippen molar-refractivity contribution < 1.29 is 9.21 Å². The third-order valence-corrected chi connectivity index (χ3v) is 4.23. The molecule has 0 aliphatic rings. The lowest BCUT2D eigenvalue weighted by molar-refractivity contribution is 0.0996. The summed E-state index contributed by atoms with van der Waals surface area (Å²) in [5, 5.41) is 5.94. The monoisotopic (exact) mass is 498 g/mol. The van der Waals surface area contributed by atoms with Gasteiger partial charge in [0.25, 0.3) is 5.91 Å². The summed E-state index contributed by atoms with van der Waals surface area (Å²) in [6, 6.07) is 10.8. The van der Waals surface area contributed by atoms with Gasteiger partial charge in [-0.15, -0.1) is 24.0 Å². The molecule has 0 unspecified atom stereocenters. The van der Waals surface area contributed by atoms with Gasteiger partial charge in [-0.3, -0.25) is 4.79 Å². The van der Waals surface area contributed by atoms with E-state index in [-0.39, 0.29) is 35.6 Å². The van der Waals surface area contributed by atoms with Crippen LogP contribution in [0, 0.1) is 0 Å². The second kappa shape index (κ2) is 14.0. The van der Waals surface area contributed by atoms with Crippen LogP contribution in [-0.4, -0.2) is 18.4 Å². The highest BCUT2D eigenvalue weighted by Gasteiger charge is 2.08. The Morgan fingerprint density at radius 3 is 2.46 bits per heavy atom. The van der Waals surface area contributed by atoms with E-state index in [4.69, 9.17) is 10.2 Å². The van der Waals surface area contributed by atoms with Crippen molar-refractivity contribution in [3.63, 3.8) is 0 Å². The molecule has 7 heteroatoms. The average molecular weight is 498 g/mol. The minimum absolute atomic E-state index is 0. The second-order valence-electron chi connectivity index (χ2n) is 6.52. The van der Waals surface area contributed by atoms with Crippen molar-refractivity contribution in [1.82, 2.24) is 5.32 Å². The highest BCUT2D eigenvalue weighted by molar-refractivity contribution is 14.0. The zero-order valence-corrected chi connectivity index (χ0v) is 18.8. The molecule has 4 N–H and O–H groups in total. The Balaban J connectivity index is 0.00000392. The molecular formula is C21H31IN4O2. The lowest BCUT2D eigenvalue weighted by atomic mass is 10.1. The van der Waals surface area contributed by atoms with E-state index < -0.39 is 0 Å². The van der Waals surface area contributed by atoms with Crippen molar-refractivity contribution in [1.29, 1.82) is 0 Å². The highest BCUT2D eigenvalue weighted by atomic mass is 127. The van der Waals surface area contributed by atoms with Crippen LogP contribution in [0.4, 0.5) is 5.69 Å². The van der Waals surface area contributed by atoms with Crippen LogP contribution in [0.5, 0.6) is 0 Å². The van der Waals surface area contributed by atoms with Crippen molar-refractivity contribution in [3.05, 3.63) is 54.0 Å². The molecule has 28 heavy (non-hydrogen) atoms. The average Bonchev–Trinajstić information content (AvgIpc) is 3.22. The molecule has 0 spiro atoms. The zero-order valence-electron chi connectivity index (χ0n) is 16.4. The fourth-order valence-electron chi connectivity index (χ4n) is 2.65. The molecule has 154 valence electrons. The molecule has 0 saturated carbocycles. The van der Waals surface area contributed by atoms with Gasteiger partial charge in [0, 0.05) is 12.2 Å². The topological polar surface area (TPSA) is 92.6 Å². The van der Waals surface area contributed by atoms with Crippen molar-refractivity contribution in [3.8, 4) is 0 Å². The predicted molar refractivity (Wildman–Crippen MR) is 125 cm³/mol. The van der Waals surface area contributed by atoms with Crippen molar-refractivity contribution in [2.24, 2.45) is 10.7 Å². The van der Waals surface area contributed by atoms with Gasteiger partial charge in [0.15, 0.2) is 11.7 Å². The van der Waals surface area contributed by atoms with E-state index in [1.54, 1.807) is 12.1 Å². The first kappa shape index (κ1) is 24.0. The molecule has 2 rings (SSSR count). The van der Waals surface area contributed by atoms with E-state index in [0.717, 1.165) is 18.5 Å². The fraction of sp³-hybridized carbons (Fsp3) is 0.429. The lowest BCUT2D eigenvalue weighted by Gasteiger charge is -2.06. The highest BCUT2D eigenvalue weighted by Crippen LogP contribution is 2.12. The fourth-order valence-corrected chi connectivity index (χ4v) is 2.65. The first-order valence-corrected chi connectivity index (χ1v) is 9.66. The minimum atomic E-state index is -0.270. The summed E-state index contributed by atoms with van der Waals surface area (Å²) in [7, 11) is 0. The van der Waals surface area contributed by atoms with Gasteiger partial charge in [0.05, 0.1) is 12.8 Å². The summed E-state index contributed by atoms with van der Waals surface area (Å²) in [4.78, 5) is 16.3. The molecule has 0 atom stereocenters. The van der Waals surface area contributed by atoms with Gasteiger partial charge >= 0.3 is 0 Å². The largest absolute Gasteiger partial charge is 0.459 e. The Kier molecular flexibility index (Phi) is 12.0. The predicted octanol–water partition coefficient (Wildman–Crippen LogP) is 4.91. The van der Waals surface area contributed by atoms with Gasteiger partial charge in [-0.05, 0) is 36.2 Å². The van der Waals surface area contributed by atoms with Crippen LogP contribution in [0.1, 0.15) is 61.6 Å². The number of carbonyl (C=O) groups excluding carboxylic acids is 1. The van der Waals surface area contributed by atoms with Crippen LogP contribution in [-0.2, 0) is 6.54 Å². The van der Waals surface area contributed by atoms with Crippen LogP contribution in [0.15, 0.2) is 52.1 Å². The summed E-state index contributed by atoms with van der Waals surface area (Å²) in [6.45, 7) is 3.59. The number of hydrogen-bond donors (Lipinski definition) is 3. The molecule has 2 aromatic rings. The van der Waals surface area contributed by atoms with E-state index in [0.29, 0.717) is 18.2 Å². The number of guanidine groups is 1. The molecule has 0 saturated heterocycles. The maximum atomic E-state index is 11.9. The number of amides is 1. The smallest absolute Gasteiger partial charge is 0.291 e. The quantitative estimate of drug-likeness (QED) is 0.178. The van der Waals surface area contributed by atoms with Gasteiger partial charge in [-0.1, -0.05) is 51.2 Å². The number of carbonyl (C=O) groups is 1. The maximum Gasteiger partial charge on any atom is 0.291 e. The summed E-state index contributed by atoms with van der Waals surface area (Å²) in [5.41, 5.74) is 7.64. The van der Waals surface area contributed by atoms with Crippen LogP contribution in [0.3, 0.4) is 0 Å². The molecule has 0 aliphatic heterocycles. The Hall–Kier alpha value is -2.03. The minimum Gasteiger partial charge on any atom is -0.459 e. The van der Waals surface area contributed by atoms with Gasteiger partial charge in [-0.2, -0.15) is 0 Å². The van der Waals surface area contributed by atoms with Crippen molar-refractivity contribution in [2.45, 2.75) is 52.0 Å². The van der Waals surface area contributed by atoms with Gasteiger partial charge < -0.3 is 20.8 Å². The van der Waals surface area contributed by atoms with Crippen LogP contribution in [0.25, 0.3) is 0 Å². The number of benzene rings is 1. The molecule has 0 aliphatic carbocycles. The SMILES string of the molecule is CCCCCCCCNC(N)=NCc1ccc(NC(=O)c2ccco2)cc1.I. The number of nitrogens with one attached hydrogen (secondary N) is 2. The molecular weight excluding hydrogens is 467 g/mol. The van der Waals surface area contributed by atoms with E-state index >= 15 is 0 Å². The molecule has 1 heterocycles. The number of rotatable bonds is 11. The third kappa shape index (κ3) is 9.25. The number of nitrogens with two attached hydrogens (primary N) is 1. The second-order valence-corrected chi connectivity index (χ2v) is 6.52. The summed E-state index contributed by atoms with van der Waals surface area (Å²) >= 11 is 0. The molecule has 0 bridgehead atoms. The molecule has 0 radical (unpaired) electrons. The number of anilines is 1. The van der Waals surface area contributed by atoms with E-state index in [1.165, 1.54) is 38.4 Å². The first-order valence-electron chi connectivity index (χ1n) is 9.66. The Bertz CT molecular complexity index is 700. The van der Waals surface area contributed by atoms with E-state index in [9.17, 15) is 4.79 Å². The molecule has 1 aromatic heterocycles. The van der Waals surface area contributed by atoms with Crippen molar-refractivity contribution in [2.75, 3.05) is 11.9 Å². The standard InChI is InChI=1S/C21H30N4O2.HI/c1-2-3-4-5-6-7-14-23-21(22)24-16-17-10-12-18(13-11-17)25-20(26)19-9-8-15-27-19;/h8-13,15H,2-7,14,16H2,1H3,(H,25,26)(H3,22,23,24);1H. The Morgan fingerprint density at radius 2 is 1.79 bits per heavy atom. The molecule has 0 fully saturated rings. The zero-order chi connectivity index (χ0) is 19.3. The number of nitrogens with zero attached hydrogens (tertiary/aromatic N) is 1. The number of furan rings is 1. The lowest BCUT2D eigenvalue weighted by Crippen LogP contribution is -2.32. The Labute approximate surface area is 184 Å². The Morgan fingerprint density at radius 1 is 1.07 bits per heavy atom. The number of aliphatic imine (C=N–C) groups is 1. The summed E-state index contributed by atoms with van der Waals surface area (Å²) in [6.07, 6.45) is 9.02. The van der Waals surface area contributed by atoms with Crippen LogP contribution >= 0.6 is 24.0 Å². The summed E-state index contributed by atoms with van der Waals surface area (Å²) in [5.74, 6) is 0.487. The first-order chi connectivity index (χ1) is 13.2. The van der Waals surface area contributed by atoms with Gasteiger partial charge in [-0.25, -0.2) is 4.99 Å². The van der Waals surface area contributed by atoms with E-state index in [2.05, 4.69) is 22.5 Å². The number of halogens is 1. The number of unbranched alkanes of at least 4 members (excludes halogenated alkanes) is 5. The maximum absolute atomic E-state index is 11.9. The molecule has 6 nitrogen and oxygen atoms in total. The van der Waals surface area contributed by atoms with Crippen molar-refractivity contribution >= 4 is 41.5 Å². The van der Waals surface area contributed by atoms with Crippen LogP contribution in [0.2, 0.25) is 0 Å². The van der Waals surface area contributed by atoms with Gasteiger partial charge in [0.1, 0.15) is 0 Å². The number of hydrogen-bond acceptors (Lipinski definition) is 3.